The second-order valence-corrected chi connectivity index (χ2v) is 12.2. The third-order valence-corrected chi connectivity index (χ3v) is 8.32. The van der Waals surface area contributed by atoms with Gasteiger partial charge in [0.25, 0.3) is 0 Å². The molecule has 0 aliphatic carbocycles. The topological polar surface area (TPSA) is 86.8 Å². The first-order valence-corrected chi connectivity index (χ1v) is 14.7. The zero-order valence-electron chi connectivity index (χ0n) is 23.2. The molecular weight excluding hydrogens is 510 g/mol. The molecule has 2 amide bonds. The van der Waals surface area contributed by atoms with Crippen molar-refractivity contribution in [3.05, 3.63) is 102 Å². The first-order chi connectivity index (χ1) is 18.6. The van der Waals surface area contributed by atoms with Gasteiger partial charge < -0.3 is 10.2 Å². The fourth-order valence-corrected chi connectivity index (χ4v) is 5.66. The number of sulfonamides is 1. The van der Waals surface area contributed by atoms with E-state index in [2.05, 4.69) is 5.32 Å². The van der Waals surface area contributed by atoms with Gasteiger partial charge in [-0.3, -0.25) is 9.59 Å². The summed E-state index contributed by atoms with van der Waals surface area (Å²) in [6, 6.07) is 25.0. The zero-order chi connectivity index (χ0) is 28.4. The van der Waals surface area contributed by atoms with Crippen molar-refractivity contribution in [2.45, 2.75) is 63.6 Å². The third kappa shape index (κ3) is 8.76. The lowest BCUT2D eigenvalue weighted by Gasteiger charge is -2.32. The maximum atomic E-state index is 13.7. The van der Waals surface area contributed by atoms with Crippen molar-refractivity contribution in [1.82, 2.24) is 14.5 Å². The van der Waals surface area contributed by atoms with Crippen molar-refractivity contribution in [1.29, 1.82) is 0 Å². The third-order valence-electron chi connectivity index (χ3n) is 6.45. The average molecular weight is 550 g/mol. The second kappa shape index (κ2) is 14.1. The SMILES string of the molecule is Cc1cccc(CN(C(=O)CCCN(C)S(=O)(=O)c2ccccc2)C(Cc2ccccc2)C(=O)NC(C)C)c1. The van der Waals surface area contributed by atoms with Gasteiger partial charge in [0.05, 0.1) is 4.90 Å². The van der Waals surface area contributed by atoms with E-state index >= 15 is 0 Å². The predicted octanol–water partition coefficient (Wildman–Crippen LogP) is 4.56. The fraction of sp³-hybridized carbons (Fsp3) is 0.355. The molecule has 0 saturated heterocycles. The van der Waals surface area contributed by atoms with Crippen LogP contribution in [0.4, 0.5) is 0 Å². The van der Waals surface area contributed by atoms with Crippen LogP contribution in [-0.4, -0.2) is 55.1 Å². The lowest BCUT2D eigenvalue weighted by molar-refractivity contribution is -0.141. The average Bonchev–Trinajstić information content (AvgIpc) is 2.91. The van der Waals surface area contributed by atoms with E-state index < -0.39 is 16.1 Å². The Morgan fingerprint density at radius 3 is 2.10 bits per heavy atom. The second-order valence-electron chi connectivity index (χ2n) is 10.1. The van der Waals surface area contributed by atoms with Gasteiger partial charge in [-0.05, 0) is 50.5 Å². The number of nitrogens with one attached hydrogen (secondary N) is 1. The lowest BCUT2D eigenvalue weighted by Crippen LogP contribution is -2.51. The first kappa shape index (κ1) is 30.1. The maximum Gasteiger partial charge on any atom is 0.243 e. The van der Waals surface area contributed by atoms with Crippen LogP contribution in [0.1, 0.15) is 43.4 Å². The van der Waals surface area contributed by atoms with Gasteiger partial charge in [-0.15, -0.1) is 0 Å². The van der Waals surface area contributed by atoms with Crippen LogP contribution in [0, 0.1) is 6.92 Å². The molecule has 7 nitrogen and oxygen atoms in total. The molecule has 0 heterocycles. The van der Waals surface area contributed by atoms with Crippen molar-refractivity contribution >= 4 is 21.8 Å². The molecule has 0 bridgehead atoms. The van der Waals surface area contributed by atoms with Crippen molar-refractivity contribution in [3.8, 4) is 0 Å². The standard InChI is InChI=1S/C31H39N3O4S/c1-24(2)32-31(36)29(22-26-14-7-5-8-15-26)34(23-27-16-11-13-25(3)21-27)30(35)19-12-20-33(4)39(37,38)28-17-9-6-10-18-28/h5-11,13-18,21,24,29H,12,19-20,22-23H2,1-4H3,(H,32,36). The molecule has 8 heteroatoms. The van der Waals surface area contributed by atoms with Crippen LogP contribution in [0.5, 0.6) is 0 Å². The van der Waals surface area contributed by atoms with Crippen molar-refractivity contribution in [2.75, 3.05) is 13.6 Å². The Kier molecular flexibility index (Phi) is 10.8. The Bertz CT molecular complexity index is 1330. The van der Waals surface area contributed by atoms with E-state index in [1.54, 1.807) is 35.2 Å². The Morgan fingerprint density at radius 2 is 1.49 bits per heavy atom. The molecule has 1 N–H and O–H groups in total. The summed E-state index contributed by atoms with van der Waals surface area (Å²) in [5.41, 5.74) is 2.96. The van der Waals surface area contributed by atoms with Crippen molar-refractivity contribution in [3.63, 3.8) is 0 Å². The van der Waals surface area contributed by atoms with Gasteiger partial charge >= 0.3 is 0 Å². The molecule has 208 valence electrons. The summed E-state index contributed by atoms with van der Waals surface area (Å²) in [6.07, 6.45) is 0.815. The normalized spacial score (nSPS) is 12.4. The molecule has 1 unspecified atom stereocenters. The van der Waals surface area contributed by atoms with Crippen LogP contribution < -0.4 is 5.32 Å². The van der Waals surface area contributed by atoms with E-state index in [0.717, 1.165) is 16.7 Å². The molecule has 0 aromatic heterocycles. The maximum absolute atomic E-state index is 13.7. The first-order valence-electron chi connectivity index (χ1n) is 13.3. The van der Waals surface area contributed by atoms with Crippen LogP contribution in [0.3, 0.4) is 0 Å². The van der Waals surface area contributed by atoms with Gasteiger partial charge in [-0.25, -0.2) is 12.7 Å². The highest BCUT2D eigenvalue weighted by atomic mass is 32.2. The van der Waals surface area contributed by atoms with E-state index in [-0.39, 0.29) is 42.3 Å². The van der Waals surface area contributed by atoms with E-state index in [0.29, 0.717) is 12.8 Å². The number of carbonyl (C=O) groups is 2. The highest BCUT2D eigenvalue weighted by Crippen LogP contribution is 2.19. The molecule has 0 spiro atoms. The van der Waals surface area contributed by atoms with Gasteiger partial charge in [0.15, 0.2) is 0 Å². The number of rotatable bonds is 13. The highest BCUT2D eigenvalue weighted by molar-refractivity contribution is 7.89. The highest BCUT2D eigenvalue weighted by Gasteiger charge is 2.31. The molecule has 3 rings (SSSR count). The van der Waals surface area contributed by atoms with E-state index in [9.17, 15) is 18.0 Å². The number of benzene rings is 3. The number of amides is 2. The summed E-state index contributed by atoms with van der Waals surface area (Å²) in [4.78, 5) is 29.0. The monoisotopic (exact) mass is 549 g/mol. The predicted molar refractivity (Wildman–Crippen MR) is 154 cm³/mol. The number of hydrogen-bond acceptors (Lipinski definition) is 4. The summed E-state index contributed by atoms with van der Waals surface area (Å²) in [6.45, 7) is 6.25. The largest absolute Gasteiger partial charge is 0.352 e. The van der Waals surface area contributed by atoms with Gasteiger partial charge in [-0.2, -0.15) is 0 Å². The lowest BCUT2D eigenvalue weighted by atomic mass is 10.0. The Morgan fingerprint density at radius 1 is 0.872 bits per heavy atom. The summed E-state index contributed by atoms with van der Waals surface area (Å²) >= 11 is 0. The molecule has 3 aromatic carbocycles. The molecule has 3 aromatic rings. The zero-order valence-corrected chi connectivity index (χ0v) is 24.0. The summed E-state index contributed by atoms with van der Waals surface area (Å²) < 4.78 is 27.1. The summed E-state index contributed by atoms with van der Waals surface area (Å²) in [5, 5.41) is 2.99. The Balaban J connectivity index is 1.82. The minimum Gasteiger partial charge on any atom is -0.352 e. The molecule has 0 radical (unpaired) electrons. The fourth-order valence-electron chi connectivity index (χ4n) is 4.43. The van der Waals surface area contributed by atoms with Gasteiger partial charge in [0.1, 0.15) is 6.04 Å². The molecule has 0 aliphatic rings. The van der Waals surface area contributed by atoms with Gasteiger partial charge in [-0.1, -0.05) is 78.4 Å². The van der Waals surface area contributed by atoms with Crippen LogP contribution in [-0.2, 0) is 32.6 Å². The van der Waals surface area contributed by atoms with Crippen LogP contribution in [0.25, 0.3) is 0 Å². The molecule has 0 aliphatic heterocycles. The van der Waals surface area contributed by atoms with Gasteiger partial charge in [0.2, 0.25) is 21.8 Å². The van der Waals surface area contributed by atoms with E-state index in [4.69, 9.17) is 0 Å². The smallest absolute Gasteiger partial charge is 0.243 e. The molecule has 39 heavy (non-hydrogen) atoms. The van der Waals surface area contributed by atoms with Crippen LogP contribution >= 0.6 is 0 Å². The molecule has 1 atom stereocenters. The minimum atomic E-state index is -3.65. The van der Waals surface area contributed by atoms with Crippen molar-refractivity contribution in [2.24, 2.45) is 0 Å². The summed E-state index contributed by atoms with van der Waals surface area (Å²) in [5.74, 6) is -0.402. The van der Waals surface area contributed by atoms with Gasteiger partial charge in [0, 0.05) is 39.0 Å². The van der Waals surface area contributed by atoms with Crippen LogP contribution in [0.2, 0.25) is 0 Å². The van der Waals surface area contributed by atoms with E-state index in [1.165, 1.54) is 11.4 Å². The van der Waals surface area contributed by atoms with E-state index in [1.807, 2.05) is 75.4 Å². The number of aryl methyl sites for hydroxylation is 1. The number of nitrogens with zero attached hydrogens (tertiary/aromatic N) is 2. The number of carbonyl (C=O) groups excluding carboxylic acids is 2. The Hall–Kier alpha value is -3.49. The summed E-state index contributed by atoms with van der Waals surface area (Å²) in [7, 11) is -2.13. The molecule has 0 fully saturated rings. The number of hydrogen-bond donors (Lipinski definition) is 1. The van der Waals surface area contributed by atoms with Crippen LogP contribution in [0.15, 0.2) is 89.8 Å². The Labute approximate surface area is 232 Å². The quantitative estimate of drug-likeness (QED) is 0.339. The molecular formula is C31H39N3O4S. The van der Waals surface area contributed by atoms with Crippen molar-refractivity contribution < 1.29 is 18.0 Å². The minimum absolute atomic E-state index is 0.0801. The molecule has 0 saturated carbocycles.